The number of rotatable bonds is 5. The van der Waals surface area contributed by atoms with Gasteiger partial charge in [-0.15, -0.1) is 12.4 Å². The highest BCUT2D eigenvalue weighted by atomic mass is 35.5. The Balaban J connectivity index is 0.00000242. The van der Waals surface area contributed by atoms with Crippen molar-refractivity contribution >= 4 is 12.4 Å². The first kappa shape index (κ1) is 19.3. The number of nitrogens with one attached hydrogen (secondary N) is 1. The molecule has 1 aromatic carbocycles. The topological polar surface area (TPSA) is 35.5 Å². The second kappa shape index (κ2) is 8.20. The fourth-order valence-electron chi connectivity index (χ4n) is 2.84. The molecule has 1 aliphatic rings. The number of piperazine rings is 1. The third-order valence-corrected chi connectivity index (χ3v) is 4.02. The molecule has 0 bridgehead atoms. The summed E-state index contributed by atoms with van der Waals surface area (Å²) >= 11 is 0. The summed E-state index contributed by atoms with van der Waals surface area (Å²) < 4.78 is 28.6. The number of benzene rings is 1. The van der Waals surface area contributed by atoms with Crippen LogP contribution in [0.15, 0.2) is 24.3 Å². The highest BCUT2D eigenvalue weighted by Gasteiger charge is 2.44. The van der Waals surface area contributed by atoms with Crippen molar-refractivity contribution in [2.75, 3.05) is 32.8 Å². The molecule has 1 aliphatic heterocycles. The van der Waals surface area contributed by atoms with Crippen molar-refractivity contribution in [3.63, 3.8) is 0 Å². The molecule has 126 valence electrons. The van der Waals surface area contributed by atoms with Gasteiger partial charge in [-0.3, -0.25) is 4.90 Å². The molecular formula is C16H25ClF2N2O. The fourth-order valence-corrected chi connectivity index (χ4v) is 2.84. The minimum absolute atomic E-state index is 0. The molecule has 2 N–H and O–H groups in total. The zero-order chi connectivity index (χ0) is 15.5. The summed E-state index contributed by atoms with van der Waals surface area (Å²) in [4.78, 5) is 1.77. The standard InChI is InChI=1S/C16H24F2N2O.ClH/c1-12(2)13-4-3-5-14(10-13)15(16(17,18)11-21)20-8-6-19-7-9-20;/h3-5,10,12,15,19,21H,6-9,11H2,1-2H3;1H/t15-;/m0./s1. The minimum atomic E-state index is -3.15. The zero-order valence-corrected chi connectivity index (χ0v) is 13.9. The van der Waals surface area contributed by atoms with Gasteiger partial charge in [0.1, 0.15) is 12.6 Å². The van der Waals surface area contributed by atoms with Gasteiger partial charge in [0, 0.05) is 26.2 Å². The van der Waals surface area contributed by atoms with Crippen molar-refractivity contribution in [3.8, 4) is 0 Å². The van der Waals surface area contributed by atoms with Crippen molar-refractivity contribution in [1.82, 2.24) is 10.2 Å². The van der Waals surface area contributed by atoms with Gasteiger partial charge < -0.3 is 10.4 Å². The lowest BCUT2D eigenvalue weighted by Crippen LogP contribution is -2.51. The van der Waals surface area contributed by atoms with Crippen LogP contribution in [0, 0.1) is 0 Å². The van der Waals surface area contributed by atoms with E-state index in [1.54, 1.807) is 11.0 Å². The Labute approximate surface area is 137 Å². The molecule has 1 aromatic rings. The average molecular weight is 335 g/mol. The third kappa shape index (κ3) is 4.38. The summed E-state index contributed by atoms with van der Waals surface area (Å²) in [5, 5.41) is 12.3. The SMILES string of the molecule is CC(C)c1cccc([C@H](N2CCNCC2)C(F)(F)CO)c1.Cl. The number of hydrogen-bond acceptors (Lipinski definition) is 3. The maximum absolute atomic E-state index is 14.3. The molecule has 1 saturated heterocycles. The molecule has 0 aliphatic carbocycles. The molecule has 0 spiro atoms. The zero-order valence-electron chi connectivity index (χ0n) is 13.1. The molecule has 0 radical (unpaired) electrons. The third-order valence-electron chi connectivity index (χ3n) is 4.02. The first-order valence-electron chi connectivity index (χ1n) is 7.49. The number of halogens is 3. The van der Waals surface area contributed by atoms with Gasteiger partial charge in [-0.2, -0.15) is 0 Å². The van der Waals surface area contributed by atoms with E-state index < -0.39 is 18.6 Å². The molecule has 22 heavy (non-hydrogen) atoms. The Morgan fingerprint density at radius 2 is 1.82 bits per heavy atom. The first-order valence-corrected chi connectivity index (χ1v) is 7.49. The number of nitrogens with zero attached hydrogens (tertiary/aromatic N) is 1. The predicted molar refractivity (Wildman–Crippen MR) is 87.0 cm³/mol. The largest absolute Gasteiger partial charge is 0.390 e. The van der Waals surface area contributed by atoms with E-state index >= 15 is 0 Å². The van der Waals surface area contributed by atoms with Crippen LogP contribution in [0.3, 0.4) is 0 Å². The predicted octanol–water partition coefficient (Wildman–Crippen LogP) is 2.81. The Kier molecular flexibility index (Phi) is 7.19. The number of aliphatic hydroxyl groups excluding tert-OH is 1. The average Bonchev–Trinajstić information content (AvgIpc) is 2.48. The smallest absolute Gasteiger partial charge is 0.289 e. The van der Waals surface area contributed by atoms with Crippen molar-refractivity contribution in [2.24, 2.45) is 0 Å². The summed E-state index contributed by atoms with van der Waals surface area (Å²) in [6.07, 6.45) is 0. The Hall–Kier alpha value is -0.750. The van der Waals surface area contributed by atoms with Gasteiger partial charge in [-0.05, 0) is 17.0 Å². The molecule has 1 heterocycles. The van der Waals surface area contributed by atoms with Gasteiger partial charge in [0.25, 0.3) is 5.92 Å². The van der Waals surface area contributed by atoms with E-state index in [0.717, 1.165) is 5.56 Å². The van der Waals surface area contributed by atoms with Crippen LogP contribution in [0.5, 0.6) is 0 Å². The second-order valence-electron chi connectivity index (χ2n) is 5.93. The van der Waals surface area contributed by atoms with E-state index in [-0.39, 0.29) is 18.3 Å². The van der Waals surface area contributed by atoms with Gasteiger partial charge >= 0.3 is 0 Å². The maximum Gasteiger partial charge on any atom is 0.289 e. The van der Waals surface area contributed by atoms with Crippen molar-refractivity contribution in [2.45, 2.75) is 31.7 Å². The lowest BCUT2D eigenvalue weighted by atomic mass is 9.93. The molecule has 1 fully saturated rings. The van der Waals surface area contributed by atoms with Gasteiger partial charge in [-0.1, -0.05) is 38.1 Å². The molecular weight excluding hydrogens is 310 g/mol. The van der Waals surface area contributed by atoms with Crippen LogP contribution in [0.25, 0.3) is 0 Å². The van der Waals surface area contributed by atoms with Crippen molar-refractivity contribution in [3.05, 3.63) is 35.4 Å². The maximum atomic E-state index is 14.3. The van der Waals surface area contributed by atoms with E-state index in [9.17, 15) is 8.78 Å². The molecule has 1 atom stereocenters. The van der Waals surface area contributed by atoms with Crippen LogP contribution in [0.1, 0.15) is 36.9 Å². The normalized spacial score (nSPS) is 18.1. The Morgan fingerprint density at radius 1 is 1.23 bits per heavy atom. The quantitative estimate of drug-likeness (QED) is 0.869. The number of aliphatic hydroxyl groups is 1. The van der Waals surface area contributed by atoms with Crippen LogP contribution >= 0.6 is 12.4 Å². The monoisotopic (exact) mass is 334 g/mol. The minimum Gasteiger partial charge on any atom is -0.390 e. The molecule has 0 unspecified atom stereocenters. The van der Waals surface area contributed by atoms with E-state index in [4.69, 9.17) is 5.11 Å². The highest BCUT2D eigenvalue weighted by Crippen LogP contribution is 2.37. The van der Waals surface area contributed by atoms with Gasteiger partial charge in [0.05, 0.1) is 0 Å². The van der Waals surface area contributed by atoms with Gasteiger partial charge in [0.15, 0.2) is 0 Å². The van der Waals surface area contributed by atoms with Crippen molar-refractivity contribution in [1.29, 1.82) is 0 Å². The van der Waals surface area contributed by atoms with E-state index in [1.807, 2.05) is 32.0 Å². The Bertz CT molecular complexity index is 465. The summed E-state index contributed by atoms with van der Waals surface area (Å²) in [5.41, 5.74) is 1.63. The number of hydrogen-bond donors (Lipinski definition) is 2. The molecule has 3 nitrogen and oxygen atoms in total. The van der Waals surface area contributed by atoms with Crippen molar-refractivity contribution < 1.29 is 13.9 Å². The summed E-state index contributed by atoms with van der Waals surface area (Å²) in [7, 11) is 0. The van der Waals surface area contributed by atoms with Gasteiger partial charge in [0.2, 0.25) is 0 Å². The van der Waals surface area contributed by atoms with E-state index in [0.29, 0.717) is 31.7 Å². The first-order chi connectivity index (χ1) is 9.95. The van der Waals surface area contributed by atoms with Crippen LogP contribution in [-0.2, 0) is 0 Å². The lowest BCUT2D eigenvalue weighted by Gasteiger charge is -2.39. The Morgan fingerprint density at radius 3 is 2.36 bits per heavy atom. The highest BCUT2D eigenvalue weighted by molar-refractivity contribution is 5.85. The van der Waals surface area contributed by atoms with Crippen LogP contribution in [-0.4, -0.2) is 48.7 Å². The second-order valence-corrected chi connectivity index (χ2v) is 5.93. The number of alkyl halides is 2. The summed E-state index contributed by atoms with van der Waals surface area (Å²) in [5.74, 6) is -2.86. The van der Waals surface area contributed by atoms with Crippen LogP contribution in [0.4, 0.5) is 8.78 Å². The summed E-state index contributed by atoms with van der Waals surface area (Å²) in [6.45, 7) is 5.47. The molecule has 6 heteroatoms. The van der Waals surface area contributed by atoms with Crippen LogP contribution < -0.4 is 5.32 Å². The molecule has 0 saturated carbocycles. The summed E-state index contributed by atoms with van der Waals surface area (Å²) in [6, 6.07) is 6.31. The van der Waals surface area contributed by atoms with E-state index in [2.05, 4.69) is 5.32 Å². The lowest BCUT2D eigenvalue weighted by molar-refractivity contribution is -0.118. The molecule has 2 rings (SSSR count). The van der Waals surface area contributed by atoms with E-state index in [1.165, 1.54) is 0 Å². The van der Waals surface area contributed by atoms with Gasteiger partial charge in [-0.25, -0.2) is 8.78 Å². The van der Waals surface area contributed by atoms with Crippen LogP contribution in [0.2, 0.25) is 0 Å². The molecule has 0 amide bonds. The fraction of sp³-hybridized carbons (Fsp3) is 0.625. The molecule has 0 aromatic heterocycles.